The van der Waals surface area contributed by atoms with Crippen molar-refractivity contribution in [1.82, 2.24) is 13.9 Å². The lowest BCUT2D eigenvalue weighted by atomic mass is 10.1. The Morgan fingerprint density at radius 3 is 2.52 bits per heavy atom. The molecule has 0 atom stereocenters. The van der Waals surface area contributed by atoms with Crippen LogP contribution in [-0.2, 0) is 35.7 Å². The lowest BCUT2D eigenvalue weighted by Crippen LogP contribution is -2.34. The smallest absolute Gasteiger partial charge is 0.256 e. The molecule has 0 fully saturated rings. The Morgan fingerprint density at radius 2 is 1.80 bits per heavy atom. The van der Waals surface area contributed by atoms with Crippen molar-refractivity contribution in [2.75, 3.05) is 13.1 Å². The molecule has 1 aromatic heterocycles. The Labute approximate surface area is 148 Å². The second-order valence-electron chi connectivity index (χ2n) is 6.53. The van der Waals surface area contributed by atoms with Gasteiger partial charge in [-0.05, 0) is 31.4 Å². The summed E-state index contributed by atoms with van der Waals surface area (Å²) in [7, 11) is -1.74. The molecule has 3 rings (SSSR count). The second kappa shape index (κ2) is 6.72. The summed E-state index contributed by atoms with van der Waals surface area (Å²) in [6.07, 6.45) is 0.877. The van der Waals surface area contributed by atoms with E-state index in [1.165, 1.54) is 8.87 Å². The molecule has 0 saturated carbocycles. The highest BCUT2D eigenvalue weighted by molar-refractivity contribution is 7.88. The molecule has 6 nitrogen and oxygen atoms in total. The number of hydrogen-bond donors (Lipinski definition) is 0. The molecule has 0 radical (unpaired) electrons. The van der Waals surface area contributed by atoms with Gasteiger partial charge in [0.25, 0.3) is 5.56 Å². The van der Waals surface area contributed by atoms with E-state index in [0.717, 1.165) is 16.8 Å². The fraction of sp³-hybridized carbons (Fsp3) is 0.444. The number of hydrogen-bond acceptors (Lipinski definition) is 4. The van der Waals surface area contributed by atoms with Crippen LogP contribution in [0.4, 0.5) is 0 Å². The lowest BCUT2D eigenvalue weighted by Gasteiger charge is -2.20. The molecule has 0 bridgehead atoms. The van der Waals surface area contributed by atoms with Gasteiger partial charge in [-0.15, -0.1) is 0 Å². The third kappa shape index (κ3) is 3.52. The van der Waals surface area contributed by atoms with Crippen LogP contribution in [0, 0.1) is 13.8 Å². The van der Waals surface area contributed by atoms with Crippen LogP contribution in [0.15, 0.2) is 29.1 Å². The van der Waals surface area contributed by atoms with Gasteiger partial charge in [-0.2, -0.15) is 0 Å². The summed E-state index contributed by atoms with van der Waals surface area (Å²) in [5, 5.41) is 0. The van der Waals surface area contributed by atoms with Gasteiger partial charge < -0.3 is 0 Å². The third-order valence-electron chi connectivity index (χ3n) is 4.90. The molecule has 25 heavy (non-hydrogen) atoms. The molecule has 0 N–H and O–H groups in total. The van der Waals surface area contributed by atoms with Gasteiger partial charge in [0, 0.05) is 32.1 Å². The van der Waals surface area contributed by atoms with Crippen LogP contribution in [0.2, 0.25) is 0 Å². The van der Waals surface area contributed by atoms with Gasteiger partial charge >= 0.3 is 0 Å². The predicted molar refractivity (Wildman–Crippen MR) is 97.0 cm³/mol. The summed E-state index contributed by atoms with van der Waals surface area (Å²) in [5.41, 5.74) is 3.08. The number of fused-ring (bicyclic) bond motifs is 1. The van der Waals surface area contributed by atoms with E-state index >= 15 is 0 Å². The number of rotatable bonds is 3. The van der Waals surface area contributed by atoms with Crippen LogP contribution in [0.5, 0.6) is 0 Å². The Balaban J connectivity index is 1.85. The van der Waals surface area contributed by atoms with Crippen LogP contribution >= 0.6 is 0 Å². The Hall–Kier alpha value is -1.99. The highest BCUT2D eigenvalue weighted by atomic mass is 32.2. The Bertz CT molecular complexity index is 964. The molecule has 0 aliphatic carbocycles. The minimum absolute atomic E-state index is 0.0134. The Morgan fingerprint density at radius 1 is 1.12 bits per heavy atom. The van der Waals surface area contributed by atoms with E-state index in [0.29, 0.717) is 37.3 Å². The summed E-state index contributed by atoms with van der Waals surface area (Å²) in [6, 6.07) is 7.52. The van der Waals surface area contributed by atoms with Crippen molar-refractivity contribution in [3.63, 3.8) is 0 Å². The standard InChI is InChI=1S/C18H23N3O3S/c1-13-6-4-5-7-15(13)12-25(23,24)21-10-8-16-17(9-11-21)19-14(2)20(3)18(16)22/h4-7H,8-12H2,1-3H3. The van der Waals surface area contributed by atoms with Gasteiger partial charge in [-0.1, -0.05) is 24.3 Å². The summed E-state index contributed by atoms with van der Waals surface area (Å²) < 4.78 is 28.7. The van der Waals surface area contributed by atoms with E-state index in [2.05, 4.69) is 4.98 Å². The summed E-state index contributed by atoms with van der Waals surface area (Å²) >= 11 is 0. The normalized spacial score (nSPS) is 15.6. The zero-order valence-electron chi connectivity index (χ0n) is 14.8. The largest absolute Gasteiger partial charge is 0.300 e. The SMILES string of the molecule is Cc1ccccc1CS(=O)(=O)N1CCc2nc(C)n(C)c(=O)c2CC1. The number of aromatic nitrogens is 2. The van der Waals surface area contributed by atoms with E-state index in [1.807, 2.05) is 31.2 Å². The van der Waals surface area contributed by atoms with E-state index < -0.39 is 10.0 Å². The molecule has 7 heteroatoms. The van der Waals surface area contributed by atoms with E-state index in [9.17, 15) is 13.2 Å². The molecule has 0 unspecified atom stereocenters. The third-order valence-corrected chi connectivity index (χ3v) is 6.72. The predicted octanol–water partition coefficient (Wildman–Crippen LogP) is 1.33. The average molecular weight is 361 g/mol. The number of nitrogens with zero attached hydrogens (tertiary/aromatic N) is 3. The molecule has 134 valence electrons. The topological polar surface area (TPSA) is 72.3 Å². The Kier molecular flexibility index (Phi) is 4.79. The molecule has 2 aromatic rings. The minimum Gasteiger partial charge on any atom is -0.300 e. The van der Waals surface area contributed by atoms with Crippen molar-refractivity contribution in [3.8, 4) is 0 Å². The fourth-order valence-electron chi connectivity index (χ4n) is 3.19. The van der Waals surface area contributed by atoms with Crippen molar-refractivity contribution in [2.24, 2.45) is 7.05 Å². The first-order valence-electron chi connectivity index (χ1n) is 8.37. The van der Waals surface area contributed by atoms with Gasteiger partial charge in [0.1, 0.15) is 5.82 Å². The number of benzene rings is 1. The molecule has 1 aliphatic rings. The maximum Gasteiger partial charge on any atom is 0.256 e. The quantitative estimate of drug-likeness (QED) is 0.827. The fourth-order valence-corrected chi connectivity index (χ4v) is 4.82. The van der Waals surface area contributed by atoms with E-state index in [1.54, 1.807) is 14.0 Å². The van der Waals surface area contributed by atoms with Crippen molar-refractivity contribution in [1.29, 1.82) is 0 Å². The van der Waals surface area contributed by atoms with Crippen molar-refractivity contribution < 1.29 is 8.42 Å². The van der Waals surface area contributed by atoms with Gasteiger partial charge in [0.15, 0.2) is 0 Å². The van der Waals surface area contributed by atoms with Crippen LogP contribution in [0.3, 0.4) is 0 Å². The molecule has 0 spiro atoms. The summed E-state index contributed by atoms with van der Waals surface area (Å²) in [5.74, 6) is 0.639. The average Bonchev–Trinajstić information content (AvgIpc) is 2.78. The first kappa shape index (κ1) is 17.8. The molecule has 0 saturated heterocycles. The van der Waals surface area contributed by atoms with Crippen LogP contribution in [0.25, 0.3) is 0 Å². The maximum atomic E-state index is 12.9. The maximum absolute atomic E-state index is 12.9. The second-order valence-corrected chi connectivity index (χ2v) is 8.50. The molecule has 1 aliphatic heterocycles. The summed E-state index contributed by atoms with van der Waals surface area (Å²) in [4.78, 5) is 16.9. The van der Waals surface area contributed by atoms with Crippen LogP contribution in [0.1, 0.15) is 28.2 Å². The van der Waals surface area contributed by atoms with Gasteiger partial charge in [-0.25, -0.2) is 17.7 Å². The molecular formula is C18H23N3O3S. The van der Waals surface area contributed by atoms with E-state index in [-0.39, 0.29) is 11.3 Å². The lowest BCUT2D eigenvalue weighted by molar-refractivity contribution is 0.425. The van der Waals surface area contributed by atoms with Gasteiger partial charge in [0.2, 0.25) is 10.0 Å². The number of sulfonamides is 1. The van der Waals surface area contributed by atoms with Crippen LogP contribution < -0.4 is 5.56 Å². The highest BCUT2D eigenvalue weighted by Gasteiger charge is 2.27. The van der Waals surface area contributed by atoms with Crippen LogP contribution in [-0.4, -0.2) is 35.4 Å². The summed E-state index contributed by atoms with van der Waals surface area (Å²) in [6.45, 7) is 4.39. The number of aryl methyl sites for hydroxylation is 2. The van der Waals surface area contributed by atoms with Crippen molar-refractivity contribution in [2.45, 2.75) is 32.4 Å². The van der Waals surface area contributed by atoms with Crippen molar-refractivity contribution >= 4 is 10.0 Å². The molecule has 0 amide bonds. The molecule has 2 heterocycles. The zero-order chi connectivity index (χ0) is 18.2. The monoisotopic (exact) mass is 361 g/mol. The molecular weight excluding hydrogens is 338 g/mol. The van der Waals surface area contributed by atoms with Gasteiger partial charge in [0.05, 0.1) is 11.4 Å². The van der Waals surface area contributed by atoms with Crippen molar-refractivity contribution in [3.05, 3.63) is 62.8 Å². The molecule has 1 aromatic carbocycles. The minimum atomic E-state index is -3.44. The first-order chi connectivity index (χ1) is 11.8. The van der Waals surface area contributed by atoms with Gasteiger partial charge in [-0.3, -0.25) is 9.36 Å². The highest BCUT2D eigenvalue weighted by Crippen LogP contribution is 2.18. The first-order valence-corrected chi connectivity index (χ1v) is 9.98. The zero-order valence-corrected chi connectivity index (χ0v) is 15.6. The van der Waals surface area contributed by atoms with E-state index in [4.69, 9.17) is 0 Å².